The fourth-order valence-corrected chi connectivity index (χ4v) is 1.81. The molecule has 126 valence electrons. The maximum absolute atomic E-state index is 12.8. The van der Waals surface area contributed by atoms with Gasteiger partial charge in [-0.1, -0.05) is 12.2 Å². The van der Waals surface area contributed by atoms with Gasteiger partial charge in [0.15, 0.2) is 0 Å². The van der Waals surface area contributed by atoms with Crippen molar-refractivity contribution in [1.82, 2.24) is 4.90 Å². The van der Waals surface area contributed by atoms with Gasteiger partial charge in [0.2, 0.25) is 0 Å². The number of hydrogen-bond donors (Lipinski definition) is 0. The van der Waals surface area contributed by atoms with Crippen LogP contribution in [0.1, 0.15) is 21.5 Å². The van der Waals surface area contributed by atoms with Gasteiger partial charge in [-0.05, 0) is 18.2 Å². The maximum Gasteiger partial charge on any atom is 0.416 e. The highest BCUT2D eigenvalue weighted by Crippen LogP contribution is 2.36. The van der Waals surface area contributed by atoms with Crippen molar-refractivity contribution >= 4 is 5.91 Å². The predicted molar refractivity (Wildman–Crippen MR) is 72.7 cm³/mol. The van der Waals surface area contributed by atoms with Crippen LogP contribution >= 0.6 is 0 Å². The summed E-state index contributed by atoms with van der Waals surface area (Å²) in [6.45, 7) is 6.69. The molecule has 0 spiro atoms. The molecule has 0 fully saturated rings. The molecule has 0 N–H and O–H groups in total. The Morgan fingerprint density at radius 1 is 0.913 bits per heavy atom. The molecule has 0 radical (unpaired) electrons. The summed E-state index contributed by atoms with van der Waals surface area (Å²) in [5.41, 5.74) is -3.77. The molecule has 8 heteroatoms. The van der Waals surface area contributed by atoms with Crippen molar-refractivity contribution in [3.8, 4) is 0 Å². The normalized spacial score (nSPS) is 11.9. The van der Waals surface area contributed by atoms with Gasteiger partial charge in [-0.2, -0.15) is 26.3 Å². The molecule has 0 heterocycles. The standard InChI is InChI=1S/C15H13F6NO/c1-3-5-22(6-4-2)13(23)10-7-11(14(16,17)18)9-12(8-10)15(19,20)21/h3-4,7-9H,1-2,5-6H2. The van der Waals surface area contributed by atoms with Crippen LogP contribution in [-0.4, -0.2) is 23.9 Å². The highest BCUT2D eigenvalue weighted by atomic mass is 19.4. The van der Waals surface area contributed by atoms with Crippen LogP contribution in [0.2, 0.25) is 0 Å². The SMILES string of the molecule is C=CCN(CC=C)C(=O)c1cc(C(F)(F)F)cc(C(F)(F)F)c1. The van der Waals surface area contributed by atoms with Gasteiger partial charge in [0.05, 0.1) is 11.1 Å². The Morgan fingerprint density at radius 2 is 1.30 bits per heavy atom. The van der Waals surface area contributed by atoms with Gasteiger partial charge in [0.1, 0.15) is 0 Å². The molecule has 1 rings (SSSR count). The molecule has 0 aromatic heterocycles. The lowest BCUT2D eigenvalue weighted by atomic mass is 10.0. The molecular weight excluding hydrogens is 324 g/mol. The number of halogens is 6. The first-order valence-electron chi connectivity index (χ1n) is 6.31. The third-order valence-electron chi connectivity index (χ3n) is 2.82. The first-order valence-corrected chi connectivity index (χ1v) is 6.31. The molecule has 1 aromatic rings. The van der Waals surface area contributed by atoms with Crippen molar-refractivity contribution in [1.29, 1.82) is 0 Å². The van der Waals surface area contributed by atoms with E-state index >= 15 is 0 Å². The number of hydrogen-bond acceptors (Lipinski definition) is 1. The Hall–Kier alpha value is -2.25. The van der Waals surface area contributed by atoms with E-state index in [-0.39, 0.29) is 19.2 Å². The second-order valence-electron chi connectivity index (χ2n) is 4.58. The van der Waals surface area contributed by atoms with E-state index in [1.165, 1.54) is 12.2 Å². The fraction of sp³-hybridized carbons (Fsp3) is 0.267. The van der Waals surface area contributed by atoms with Gasteiger partial charge in [-0.25, -0.2) is 0 Å². The van der Waals surface area contributed by atoms with E-state index in [1.807, 2.05) is 0 Å². The largest absolute Gasteiger partial charge is 0.416 e. The Bertz CT molecular complexity index is 561. The quantitative estimate of drug-likeness (QED) is 0.571. The number of amides is 1. The van der Waals surface area contributed by atoms with Crippen molar-refractivity contribution in [2.75, 3.05) is 13.1 Å². The van der Waals surface area contributed by atoms with E-state index in [1.54, 1.807) is 0 Å². The molecule has 2 nitrogen and oxygen atoms in total. The predicted octanol–water partition coefficient (Wildman–Crippen LogP) is 4.54. The molecule has 0 aliphatic heterocycles. The zero-order chi connectivity index (χ0) is 17.8. The van der Waals surface area contributed by atoms with Gasteiger partial charge in [0, 0.05) is 18.7 Å². The van der Waals surface area contributed by atoms with E-state index in [9.17, 15) is 31.1 Å². The summed E-state index contributed by atoms with van der Waals surface area (Å²) < 4.78 is 76.6. The molecule has 1 amide bonds. The smallest absolute Gasteiger partial charge is 0.331 e. The van der Waals surface area contributed by atoms with Crippen LogP contribution in [0.3, 0.4) is 0 Å². The van der Waals surface area contributed by atoms with Crippen LogP contribution in [0.25, 0.3) is 0 Å². The van der Waals surface area contributed by atoms with Crippen LogP contribution in [0.4, 0.5) is 26.3 Å². The van der Waals surface area contributed by atoms with Crippen molar-refractivity contribution < 1.29 is 31.1 Å². The second-order valence-corrected chi connectivity index (χ2v) is 4.58. The highest BCUT2D eigenvalue weighted by Gasteiger charge is 2.37. The van der Waals surface area contributed by atoms with Gasteiger partial charge in [-0.15, -0.1) is 13.2 Å². The Morgan fingerprint density at radius 3 is 1.61 bits per heavy atom. The zero-order valence-corrected chi connectivity index (χ0v) is 11.8. The molecule has 1 aromatic carbocycles. The van der Waals surface area contributed by atoms with Crippen molar-refractivity contribution in [2.24, 2.45) is 0 Å². The molecule has 0 saturated carbocycles. The Labute approximate surface area is 128 Å². The molecule has 0 bridgehead atoms. The fourth-order valence-electron chi connectivity index (χ4n) is 1.81. The van der Waals surface area contributed by atoms with E-state index < -0.39 is 35.0 Å². The average Bonchev–Trinajstić information content (AvgIpc) is 2.44. The minimum absolute atomic E-state index is 0.0257. The van der Waals surface area contributed by atoms with Gasteiger partial charge in [0.25, 0.3) is 5.91 Å². The summed E-state index contributed by atoms with van der Waals surface area (Å²) in [4.78, 5) is 13.2. The summed E-state index contributed by atoms with van der Waals surface area (Å²) in [7, 11) is 0. The van der Waals surface area contributed by atoms with E-state index in [0.29, 0.717) is 12.1 Å². The minimum atomic E-state index is -5.00. The number of rotatable bonds is 5. The van der Waals surface area contributed by atoms with Gasteiger partial charge < -0.3 is 4.90 Å². The van der Waals surface area contributed by atoms with Gasteiger partial charge in [-0.3, -0.25) is 4.79 Å². The molecular formula is C15H13F6NO. The Kier molecular flexibility index (Phi) is 5.63. The third kappa shape index (κ3) is 4.87. The summed E-state index contributed by atoms with van der Waals surface area (Å²) in [6, 6.07) is 0.773. The summed E-state index contributed by atoms with van der Waals surface area (Å²) in [5, 5.41) is 0. The lowest BCUT2D eigenvalue weighted by Gasteiger charge is -2.21. The monoisotopic (exact) mass is 337 g/mol. The maximum atomic E-state index is 12.8. The lowest BCUT2D eigenvalue weighted by molar-refractivity contribution is -0.143. The first kappa shape index (κ1) is 18.8. The summed E-state index contributed by atoms with van der Waals surface area (Å²) in [5.74, 6) is -0.971. The van der Waals surface area contributed by atoms with Crippen LogP contribution in [0.5, 0.6) is 0 Å². The number of carbonyl (C=O) groups excluding carboxylic acids is 1. The summed E-state index contributed by atoms with van der Waals surface area (Å²) in [6.07, 6.45) is -7.39. The van der Waals surface area contributed by atoms with Crippen molar-refractivity contribution in [3.05, 3.63) is 60.2 Å². The number of alkyl halides is 6. The van der Waals surface area contributed by atoms with Crippen molar-refractivity contribution in [2.45, 2.75) is 12.4 Å². The first-order chi connectivity index (χ1) is 10.5. The van der Waals surface area contributed by atoms with E-state index in [0.717, 1.165) is 4.90 Å². The van der Waals surface area contributed by atoms with Crippen molar-refractivity contribution in [3.63, 3.8) is 0 Å². The Balaban J connectivity index is 3.41. The van der Waals surface area contributed by atoms with Crippen LogP contribution in [-0.2, 0) is 12.4 Å². The van der Waals surface area contributed by atoms with E-state index in [2.05, 4.69) is 13.2 Å². The van der Waals surface area contributed by atoms with Crippen LogP contribution in [0.15, 0.2) is 43.5 Å². The average molecular weight is 337 g/mol. The molecule has 0 saturated heterocycles. The topological polar surface area (TPSA) is 20.3 Å². The summed E-state index contributed by atoms with van der Waals surface area (Å²) >= 11 is 0. The molecule has 23 heavy (non-hydrogen) atoms. The molecule has 0 aliphatic rings. The second kappa shape index (κ2) is 6.89. The van der Waals surface area contributed by atoms with Crippen LogP contribution < -0.4 is 0 Å². The molecule has 0 aliphatic carbocycles. The molecule has 0 unspecified atom stereocenters. The molecule has 0 atom stereocenters. The lowest BCUT2D eigenvalue weighted by Crippen LogP contribution is -2.31. The number of benzene rings is 1. The van der Waals surface area contributed by atoms with E-state index in [4.69, 9.17) is 0 Å². The number of carbonyl (C=O) groups is 1. The zero-order valence-electron chi connectivity index (χ0n) is 11.8. The minimum Gasteiger partial charge on any atom is -0.331 e. The number of nitrogens with zero attached hydrogens (tertiary/aromatic N) is 1. The third-order valence-corrected chi connectivity index (χ3v) is 2.82. The highest BCUT2D eigenvalue weighted by molar-refractivity contribution is 5.95. The van der Waals surface area contributed by atoms with Gasteiger partial charge >= 0.3 is 12.4 Å². The van der Waals surface area contributed by atoms with Crippen LogP contribution in [0, 0.1) is 0 Å².